The number of alkyl halides is 3. The number of ether oxygens (including phenoxy) is 2. The number of piperazine rings is 1. The standard InChI is InChI=1S/C24H28F3N3O6S/c1-4-36-23(32)29-12-10-28(11-13-29)22(31)16-30(19-7-5-6-18(15-19)24(25,26)27)37(33,34)21-14-17(2)8-9-20(21)35-3/h5-9,14-15H,4,10-13,16H2,1-3H3. The molecule has 3 rings (SSSR count). The molecule has 0 atom stereocenters. The minimum absolute atomic E-state index is 0.0157. The van der Waals surface area contributed by atoms with Crippen molar-refractivity contribution in [1.29, 1.82) is 0 Å². The van der Waals surface area contributed by atoms with E-state index in [2.05, 4.69) is 0 Å². The number of carbonyl (C=O) groups is 2. The lowest BCUT2D eigenvalue weighted by Crippen LogP contribution is -2.53. The second kappa shape index (κ2) is 11.3. The fourth-order valence-electron chi connectivity index (χ4n) is 3.83. The summed E-state index contributed by atoms with van der Waals surface area (Å²) in [5.74, 6) is -0.644. The largest absolute Gasteiger partial charge is 0.495 e. The van der Waals surface area contributed by atoms with Gasteiger partial charge in [-0.2, -0.15) is 13.2 Å². The van der Waals surface area contributed by atoms with E-state index < -0.39 is 40.3 Å². The summed E-state index contributed by atoms with van der Waals surface area (Å²) in [6.45, 7) is 3.35. The molecule has 1 aliphatic heterocycles. The molecule has 2 aromatic rings. The van der Waals surface area contributed by atoms with E-state index in [-0.39, 0.29) is 49.1 Å². The number of aryl methyl sites for hydroxylation is 1. The van der Waals surface area contributed by atoms with E-state index in [1.807, 2.05) is 0 Å². The van der Waals surface area contributed by atoms with Crippen LogP contribution in [0.3, 0.4) is 0 Å². The Bertz CT molecular complexity index is 1240. The highest BCUT2D eigenvalue weighted by molar-refractivity contribution is 7.93. The first-order valence-electron chi connectivity index (χ1n) is 11.4. The third-order valence-corrected chi connectivity index (χ3v) is 7.58. The average molecular weight is 544 g/mol. The van der Waals surface area contributed by atoms with Crippen molar-refractivity contribution in [3.63, 3.8) is 0 Å². The van der Waals surface area contributed by atoms with Crippen LogP contribution in [-0.4, -0.2) is 76.7 Å². The third kappa shape index (κ3) is 6.45. The summed E-state index contributed by atoms with van der Waals surface area (Å²) >= 11 is 0. The molecule has 202 valence electrons. The Labute approximate surface area is 213 Å². The molecule has 0 unspecified atom stereocenters. The lowest BCUT2D eigenvalue weighted by molar-refractivity contribution is -0.137. The number of nitrogens with zero attached hydrogens (tertiary/aromatic N) is 3. The van der Waals surface area contributed by atoms with Gasteiger partial charge in [-0.15, -0.1) is 0 Å². The van der Waals surface area contributed by atoms with Gasteiger partial charge in [0.1, 0.15) is 17.2 Å². The Hall–Kier alpha value is -3.48. The molecule has 1 saturated heterocycles. The number of halogens is 3. The van der Waals surface area contributed by atoms with Crippen molar-refractivity contribution in [1.82, 2.24) is 9.80 Å². The van der Waals surface area contributed by atoms with E-state index in [9.17, 15) is 31.2 Å². The van der Waals surface area contributed by atoms with Gasteiger partial charge in [-0.25, -0.2) is 13.2 Å². The Kier molecular flexibility index (Phi) is 8.57. The zero-order valence-corrected chi connectivity index (χ0v) is 21.4. The van der Waals surface area contributed by atoms with E-state index in [1.54, 1.807) is 19.9 Å². The highest BCUT2D eigenvalue weighted by Crippen LogP contribution is 2.35. The summed E-state index contributed by atoms with van der Waals surface area (Å²) in [5.41, 5.74) is -0.807. The number of rotatable bonds is 7. The van der Waals surface area contributed by atoms with Gasteiger partial charge in [0.15, 0.2) is 0 Å². The summed E-state index contributed by atoms with van der Waals surface area (Å²) in [6.07, 6.45) is -5.24. The van der Waals surface area contributed by atoms with Gasteiger partial charge in [0.25, 0.3) is 10.0 Å². The first kappa shape index (κ1) is 28.1. The van der Waals surface area contributed by atoms with Crippen LogP contribution in [0.25, 0.3) is 0 Å². The summed E-state index contributed by atoms with van der Waals surface area (Å²) < 4.78 is 78.6. The molecule has 1 heterocycles. The number of hydrogen-bond donors (Lipinski definition) is 0. The number of hydrogen-bond acceptors (Lipinski definition) is 6. The van der Waals surface area contributed by atoms with E-state index in [1.165, 1.54) is 35.1 Å². The molecule has 0 radical (unpaired) electrons. The zero-order valence-electron chi connectivity index (χ0n) is 20.6. The normalized spacial score (nSPS) is 14.3. The second-order valence-electron chi connectivity index (χ2n) is 8.28. The molecule has 0 N–H and O–H groups in total. The highest BCUT2D eigenvalue weighted by Gasteiger charge is 2.35. The molecule has 37 heavy (non-hydrogen) atoms. The molecular formula is C24H28F3N3O6S. The summed E-state index contributed by atoms with van der Waals surface area (Å²) in [5, 5.41) is 0. The van der Waals surface area contributed by atoms with Crippen LogP contribution in [0.4, 0.5) is 23.7 Å². The van der Waals surface area contributed by atoms with Gasteiger partial charge in [-0.1, -0.05) is 12.1 Å². The van der Waals surface area contributed by atoms with Gasteiger partial charge in [-0.3, -0.25) is 9.10 Å². The van der Waals surface area contributed by atoms with Crippen LogP contribution in [0.2, 0.25) is 0 Å². The van der Waals surface area contributed by atoms with Crippen LogP contribution in [0, 0.1) is 6.92 Å². The number of sulfonamides is 1. The third-order valence-electron chi connectivity index (χ3n) is 5.79. The lowest BCUT2D eigenvalue weighted by atomic mass is 10.2. The Morgan fingerprint density at radius 1 is 1.03 bits per heavy atom. The van der Waals surface area contributed by atoms with Gasteiger partial charge in [0.2, 0.25) is 5.91 Å². The second-order valence-corrected chi connectivity index (χ2v) is 10.1. The van der Waals surface area contributed by atoms with Crippen molar-refractivity contribution >= 4 is 27.7 Å². The maximum Gasteiger partial charge on any atom is 0.416 e. The van der Waals surface area contributed by atoms with E-state index in [0.717, 1.165) is 12.1 Å². The van der Waals surface area contributed by atoms with Crippen LogP contribution in [0.15, 0.2) is 47.4 Å². The van der Waals surface area contributed by atoms with Crippen LogP contribution in [0.1, 0.15) is 18.1 Å². The summed E-state index contributed by atoms with van der Waals surface area (Å²) in [7, 11) is -3.27. The molecular weight excluding hydrogens is 515 g/mol. The molecule has 9 nitrogen and oxygen atoms in total. The van der Waals surface area contributed by atoms with Crippen LogP contribution in [0.5, 0.6) is 5.75 Å². The fraction of sp³-hybridized carbons (Fsp3) is 0.417. The monoisotopic (exact) mass is 543 g/mol. The number of carbonyl (C=O) groups excluding carboxylic acids is 2. The Balaban J connectivity index is 1.97. The number of methoxy groups -OCH3 is 1. The maximum absolute atomic E-state index is 13.8. The van der Waals surface area contributed by atoms with E-state index >= 15 is 0 Å². The SMILES string of the molecule is CCOC(=O)N1CCN(C(=O)CN(c2cccc(C(F)(F)F)c2)S(=O)(=O)c2cc(C)ccc2OC)CC1. The predicted octanol–water partition coefficient (Wildman–Crippen LogP) is 3.52. The van der Waals surface area contributed by atoms with Gasteiger partial charge in [0.05, 0.1) is 25.0 Å². The van der Waals surface area contributed by atoms with Crippen molar-refractivity contribution in [2.24, 2.45) is 0 Å². The summed E-state index contributed by atoms with van der Waals surface area (Å²) in [6, 6.07) is 8.17. The molecule has 0 aliphatic carbocycles. The average Bonchev–Trinajstić information content (AvgIpc) is 2.86. The van der Waals surface area contributed by atoms with Crippen molar-refractivity contribution in [2.75, 3.05) is 50.7 Å². The number of amides is 2. The van der Waals surface area contributed by atoms with Crippen LogP contribution < -0.4 is 9.04 Å². The maximum atomic E-state index is 13.8. The van der Waals surface area contributed by atoms with Gasteiger partial charge in [-0.05, 0) is 49.7 Å². The molecule has 1 fully saturated rings. The predicted molar refractivity (Wildman–Crippen MR) is 129 cm³/mol. The molecule has 2 amide bonds. The number of benzene rings is 2. The fourth-order valence-corrected chi connectivity index (χ4v) is 5.48. The zero-order chi connectivity index (χ0) is 27.4. The number of anilines is 1. The van der Waals surface area contributed by atoms with E-state index in [4.69, 9.17) is 9.47 Å². The van der Waals surface area contributed by atoms with Gasteiger partial charge >= 0.3 is 12.3 Å². The smallest absolute Gasteiger partial charge is 0.416 e. The minimum atomic E-state index is -4.72. The minimum Gasteiger partial charge on any atom is -0.495 e. The van der Waals surface area contributed by atoms with Gasteiger partial charge < -0.3 is 19.3 Å². The van der Waals surface area contributed by atoms with Crippen molar-refractivity contribution < 1.29 is 40.7 Å². The Morgan fingerprint density at radius 3 is 2.27 bits per heavy atom. The van der Waals surface area contributed by atoms with Crippen LogP contribution in [-0.2, 0) is 25.7 Å². The highest BCUT2D eigenvalue weighted by atomic mass is 32.2. The molecule has 0 bridgehead atoms. The quantitative estimate of drug-likeness (QED) is 0.530. The van der Waals surface area contributed by atoms with Crippen molar-refractivity contribution in [2.45, 2.75) is 24.9 Å². The molecule has 0 aromatic heterocycles. The summed E-state index contributed by atoms with van der Waals surface area (Å²) in [4.78, 5) is 27.6. The molecule has 0 spiro atoms. The topological polar surface area (TPSA) is 96.5 Å². The molecule has 0 saturated carbocycles. The first-order valence-corrected chi connectivity index (χ1v) is 12.9. The molecule has 1 aliphatic rings. The molecule has 13 heteroatoms. The lowest BCUT2D eigenvalue weighted by Gasteiger charge is -2.35. The van der Waals surface area contributed by atoms with Gasteiger partial charge in [0, 0.05) is 26.2 Å². The van der Waals surface area contributed by atoms with Crippen molar-refractivity contribution in [3.05, 3.63) is 53.6 Å². The Morgan fingerprint density at radius 2 is 1.68 bits per heavy atom. The van der Waals surface area contributed by atoms with Crippen LogP contribution >= 0.6 is 0 Å². The van der Waals surface area contributed by atoms with Crippen molar-refractivity contribution in [3.8, 4) is 5.75 Å². The molecule has 2 aromatic carbocycles. The first-order chi connectivity index (χ1) is 17.4. The van der Waals surface area contributed by atoms with E-state index in [0.29, 0.717) is 15.9 Å².